The van der Waals surface area contributed by atoms with Crippen LogP contribution in [0.5, 0.6) is 11.5 Å². The second-order valence-electron chi connectivity index (χ2n) is 14.1. The van der Waals surface area contributed by atoms with Crippen molar-refractivity contribution in [3.63, 3.8) is 0 Å². The van der Waals surface area contributed by atoms with E-state index in [9.17, 15) is 29.4 Å². The molecule has 52 heavy (non-hydrogen) atoms. The van der Waals surface area contributed by atoms with Crippen molar-refractivity contribution in [2.45, 2.75) is 156 Å². The minimum atomic E-state index is -0.804. The van der Waals surface area contributed by atoms with E-state index in [4.69, 9.17) is 0 Å². The Morgan fingerprint density at radius 3 is 1.29 bits per heavy atom. The number of phenols is 2. The van der Waals surface area contributed by atoms with Gasteiger partial charge in [-0.25, -0.2) is 0 Å². The molecule has 0 radical (unpaired) electrons. The van der Waals surface area contributed by atoms with E-state index in [-0.39, 0.29) is 22.6 Å². The average molecular weight is 723 g/mol. The molecule has 0 saturated heterocycles. The fourth-order valence-corrected chi connectivity index (χ4v) is 6.58. The lowest BCUT2D eigenvalue weighted by atomic mass is 9.84. The zero-order chi connectivity index (χ0) is 38.1. The van der Waals surface area contributed by atoms with Gasteiger partial charge in [-0.3, -0.25) is 40.9 Å². The van der Waals surface area contributed by atoms with E-state index >= 15 is 0 Å². The number of benzene rings is 2. The van der Waals surface area contributed by atoms with E-state index in [2.05, 4.69) is 42.5 Å². The van der Waals surface area contributed by atoms with Gasteiger partial charge in [-0.2, -0.15) is 0 Å². The van der Waals surface area contributed by atoms with Crippen LogP contribution in [0.25, 0.3) is 0 Å². The number of hydrogen-bond acceptors (Lipinski definition) is 6. The molecule has 2 aromatic carbocycles. The lowest BCUT2D eigenvalue weighted by Gasteiger charge is -2.25. The predicted octanol–water partition coefficient (Wildman–Crippen LogP) is 8.74. The van der Waals surface area contributed by atoms with Crippen LogP contribution in [0.3, 0.4) is 0 Å². The average Bonchev–Trinajstić information content (AvgIpc) is 3.13. The number of hydrazine groups is 2. The third-order valence-electron chi connectivity index (χ3n) is 9.82. The Kier molecular flexibility index (Phi) is 21.9. The summed E-state index contributed by atoms with van der Waals surface area (Å²) < 4.78 is 0. The van der Waals surface area contributed by atoms with Gasteiger partial charge in [0.1, 0.15) is 11.5 Å². The molecule has 0 aliphatic heterocycles. The van der Waals surface area contributed by atoms with Crippen LogP contribution in [0.1, 0.15) is 175 Å². The molecule has 0 aliphatic carbocycles. The molecule has 10 heteroatoms. The minimum absolute atomic E-state index is 0.0373. The molecule has 2 unspecified atom stereocenters. The standard InChI is InChI=1S/C42H66N4O6/c1-5-9-12-15-17-19-22-31-25-27-35(37(47)29-31)41(51)45-43-39(49)33(8-4)34(24-21-14-11-7-3)40(50)44-46-42(52)36-28-26-32(30-38(36)48)23-20-18-16-13-10-6-2/h25-30,33-34,47-48H,5-24H2,1-4H3,(H,43,49)(H,44,50)(H,45,51)(H,46,52). The summed E-state index contributed by atoms with van der Waals surface area (Å²) in [6.45, 7) is 8.25. The quantitative estimate of drug-likeness (QED) is 0.0445. The first kappa shape index (κ1) is 44.1. The summed E-state index contributed by atoms with van der Waals surface area (Å²) in [6, 6.07) is 9.91. The zero-order valence-electron chi connectivity index (χ0n) is 32.3. The minimum Gasteiger partial charge on any atom is -0.507 e. The van der Waals surface area contributed by atoms with Gasteiger partial charge >= 0.3 is 0 Å². The first-order valence-corrected chi connectivity index (χ1v) is 20.0. The molecule has 0 saturated carbocycles. The highest BCUT2D eigenvalue weighted by molar-refractivity contribution is 5.99. The Bertz CT molecular complexity index is 1380. The first-order chi connectivity index (χ1) is 25.2. The molecular weight excluding hydrogens is 656 g/mol. The Balaban J connectivity index is 1.98. The topological polar surface area (TPSA) is 157 Å². The SMILES string of the molecule is CCCCCCCCc1ccc(C(=O)NNC(=O)C(CC)C(CCCCCC)C(=O)NNC(=O)c2ccc(CCCCCCCC)cc2O)c(O)c1. The van der Waals surface area contributed by atoms with Crippen LogP contribution in [0.15, 0.2) is 36.4 Å². The Morgan fingerprint density at radius 2 is 0.885 bits per heavy atom. The van der Waals surface area contributed by atoms with Gasteiger partial charge in [0.25, 0.3) is 11.8 Å². The first-order valence-electron chi connectivity index (χ1n) is 20.0. The van der Waals surface area contributed by atoms with Gasteiger partial charge in [-0.15, -0.1) is 0 Å². The van der Waals surface area contributed by atoms with Crippen molar-refractivity contribution in [3.8, 4) is 11.5 Å². The van der Waals surface area contributed by atoms with Crippen molar-refractivity contribution >= 4 is 23.6 Å². The predicted molar refractivity (Wildman–Crippen MR) is 208 cm³/mol. The Labute approximate surface area is 312 Å². The van der Waals surface area contributed by atoms with E-state index in [1.165, 1.54) is 51.4 Å². The van der Waals surface area contributed by atoms with Crippen LogP contribution in [-0.2, 0) is 22.4 Å². The maximum atomic E-state index is 13.5. The zero-order valence-corrected chi connectivity index (χ0v) is 32.3. The second-order valence-corrected chi connectivity index (χ2v) is 14.1. The molecule has 2 aromatic rings. The smallest absolute Gasteiger partial charge is 0.273 e. The molecule has 2 rings (SSSR count). The summed E-state index contributed by atoms with van der Waals surface area (Å²) in [6.07, 6.45) is 19.9. The van der Waals surface area contributed by atoms with Gasteiger partial charge in [0.15, 0.2) is 0 Å². The summed E-state index contributed by atoms with van der Waals surface area (Å²) in [5.41, 5.74) is 11.7. The number of carbonyl (C=O) groups excluding carboxylic acids is 4. The Morgan fingerprint density at radius 1 is 0.500 bits per heavy atom. The molecule has 0 heterocycles. The molecule has 0 bridgehead atoms. The highest BCUT2D eigenvalue weighted by Crippen LogP contribution is 2.25. The van der Waals surface area contributed by atoms with Gasteiger partial charge in [0.05, 0.1) is 23.0 Å². The molecule has 2 atom stereocenters. The number of aromatic hydroxyl groups is 2. The van der Waals surface area contributed by atoms with Gasteiger partial charge < -0.3 is 10.2 Å². The van der Waals surface area contributed by atoms with Crippen molar-refractivity contribution in [1.29, 1.82) is 0 Å². The van der Waals surface area contributed by atoms with E-state index in [0.29, 0.717) is 19.3 Å². The molecule has 0 aliphatic rings. The second kappa shape index (κ2) is 25.8. The number of hydrogen-bond donors (Lipinski definition) is 6. The van der Waals surface area contributed by atoms with Crippen LogP contribution in [0, 0.1) is 11.8 Å². The molecule has 6 N–H and O–H groups in total. The van der Waals surface area contributed by atoms with E-state index in [1.54, 1.807) is 31.2 Å². The maximum absolute atomic E-state index is 13.5. The molecule has 0 fully saturated rings. The summed E-state index contributed by atoms with van der Waals surface area (Å²) in [5, 5.41) is 21.1. The molecule has 290 valence electrons. The number of aryl methyl sites for hydroxylation is 2. The van der Waals surface area contributed by atoms with Crippen molar-refractivity contribution in [1.82, 2.24) is 21.7 Å². The van der Waals surface area contributed by atoms with E-state index in [0.717, 1.165) is 68.9 Å². The number of carbonyl (C=O) groups is 4. The summed E-state index contributed by atoms with van der Waals surface area (Å²) in [4.78, 5) is 52.8. The lowest BCUT2D eigenvalue weighted by molar-refractivity contribution is -0.136. The lowest BCUT2D eigenvalue weighted by Crippen LogP contribution is -2.51. The number of rotatable bonds is 25. The van der Waals surface area contributed by atoms with Crippen LogP contribution >= 0.6 is 0 Å². The monoisotopic (exact) mass is 722 g/mol. The van der Waals surface area contributed by atoms with E-state index in [1.807, 2.05) is 12.1 Å². The Hall–Kier alpha value is -4.08. The number of nitrogens with one attached hydrogen (secondary N) is 4. The fourth-order valence-electron chi connectivity index (χ4n) is 6.58. The summed E-state index contributed by atoms with van der Waals surface area (Å²) >= 11 is 0. The molecular formula is C42H66N4O6. The number of amides is 4. The van der Waals surface area contributed by atoms with Crippen molar-refractivity contribution in [3.05, 3.63) is 58.7 Å². The summed E-state index contributed by atoms with van der Waals surface area (Å²) in [7, 11) is 0. The molecule has 4 amide bonds. The number of unbranched alkanes of at least 4 members (excludes halogenated alkanes) is 13. The van der Waals surface area contributed by atoms with Crippen molar-refractivity contribution < 1.29 is 29.4 Å². The highest BCUT2D eigenvalue weighted by atomic mass is 16.3. The van der Waals surface area contributed by atoms with Gasteiger partial charge in [-0.1, -0.05) is 130 Å². The van der Waals surface area contributed by atoms with Crippen molar-refractivity contribution in [2.75, 3.05) is 0 Å². The fraction of sp³-hybridized carbons (Fsp3) is 0.619. The van der Waals surface area contributed by atoms with Crippen LogP contribution < -0.4 is 21.7 Å². The van der Waals surface area contributed by atoms with Crippen molar-refractivity contribution in [2.24, 2.45) is 11.8 Å². The maximum Gasteiger partial charge on any atom is 0.273 e. The van der Waals surface area contributed by atoms with Crippen LogP contribution in [0.2, 0.25) is 0 Å². The molecule has 10 nitrogen and oxygen atoms in total. The van der Waals surface area contributed by atoms with Gasteiger partial charge in [0.2, 0.25) is 11.8 Å². The normalized spacial score (nSPS) is 12.2. The third-order valence-corrected chi connectivity index (χ3v) is 9.82. The molecule has 0 aromatic heterocycles. The molecule has 0 spiro atoms. The van der Waals surface area contributed by atoms with Crippen LogP contribution in [-0.4, -0.2) is 33.8 Å². The third kappa shape index (κ3) is 16.1. The largest absolute Gasteiger partial charge is 0.507 e. The van der Waals surface area contributed by atoms with Gasteiger partial charge in [-0.05, 0) is 73.9 Å². The van der Waals surface area contributed by atoms with Gasteiger partial charge in [0, 0.05) is 0 Å². The van der Waals surface area contributed by atoms with E-state index < -0.39 is 35.5 Å². The highest BCUT2D eigenvalue weighted by Gasteiger charge is 2.33. The van der Waals surface area contributed by atoms with Crippen LogP contribution in [0.4, 0.5) is 0 Å². The summed E-state index contributed by atoms with van der Waals surface area (Å²) in [5.74, 6) is -4.32. The number of phenolic OH excluding ortho intramolecular Hbond substituents is 2.